The van der Waals surface area contributed by atoms with Gasteiger partial charge in [0.2, 0.25) is 5.95 Å². The normalized spacial score (nSPS) is 22.3. The average molecular weight is 446 g/mol. The van der Waals surface area contributed by atoms with Crippen molar-refractivity contribution in [2.45, 2.75) is 24.3 Å². The number of rotatable bonds is 2. The van der Waals surface area contributed by atoms with Crippen molar-refractivity contribution >= 4 is 5.84 Å². The molecule has 8 heteroatoms. The maximum absolute atomic E-state index is 14.5. The predicted molar refractivity (Wildman–Crippen MR) is 120 cm³/mol. The summed E-state index contributed by atoms with van der Waals surface area (Å²) >= 11 is 0. The Labute approximate surface area is 190 Å². The van der Waals surface area contributed by atoms with E-state index in [-0.39, 0.29) is 6.61 Å². The van der Waals surface area contributed by atoms with Crippen LogP contribution in [0.4, 0.5) is 4.39 Å². The zero-order valence-electron chi connectivity index (χ0n) is 18.0. The third-order valence-electron chi connectivity index (χ3n) is 6.58. The lowest BCUT2D eigenvalue weighted by molar-refractivity contribution is 0.0842. The van der Waals surface area contributed by atoms with Crippen molar-refractivity contribution in [3.8, 4) is 22.6 Å². The van der Waals surface area contributed by atoms with E-state index in [2.05, 4.69) is 11.1 Å². The lowest BCUT2D eigenvalue weighted by Gasteiger charge is -2.39. The Hall–Kier alpha value is -3.36. The smallest absolute Gasteiger partial charge is 0.220 e. The van der Waals surface area contributed by atoms with Gasteiger partial charge in [0.1, 0.15) is 23.7 Å². The van der Waals surface area contributed by atoms with Gasteiger partial charge >= 0.3 is 0 Å². The van der Waals surface area contributed by atoms with Crippen molar-refractivity contribution in [2.24, 2.45) is 10.7 Å². The van der Waals surface area contributed by atoms with Gasteiger partial charge in [-0.25, -0.2) is 4.98 Å². The fourth-order valence-electron chi connectivity index (χ4n) is 4.94. The number of amidine groups is 1. The van der Waals surface area contributed by atoms with Gasteiger partial charge in [-0.1, -0.05) is 6.07 Å². The minimum atomic E-state index is -0.900. The molecule has 1 fully saturated rings. The number of hydrogen-bond donors (Lipinski definition) is 1. The summed E-state index contributed by atoms with van der Waals surface area (Å²) in [5, 5.41) is 0. The van der Waals surface area contributed by atoms with E-state index in [1.165, 1.54) is 6.20 Å². The molecule has 33 heavy (non-hydrogen) atoms. The fraction of sp³-hybridized carbons (Fsp3) is 0.320. The number of halogens is 1. The van der Waals surface area contributed by atoms with Crippen molar-refractivity contribution in [1.82, 2.24) is 9.97 Å². The Bertz CT molecular complexity index is 1260. The van der Waals surface area contributed by atoms with E-state index >= 15 is 0 Å². The Morgan fingerprint density at radius 2 is 1.85 bits per heavy atom. The third-order valence-corrected chi connectivity index (χ3v) is 6.58. The van der Waals surface area contributed by atoms with Crippen molar-refractivity contribution in [3.05, 3.63) is 71.6 Å². The Morgan fingerprint density at radius 1 is 1.00 bits per heavy atom. The van der Waals surface area contributed by atoms with Gasteiger partial charge in [0.15, 0.2) is 5.75 Å². The minimum absolute atomic E-state index is 0.266. The van der Waals surface area contributed by atoms with Gasteiger partial charge in [0.25, 0.3) is 0 Å². The Balaban J connectivity index is 1.53. The highest BCUT2D eigenvalue weighted by atomic mass is 19.1. The van der Waals surface area contributed by atoms with Gasteiger partial charge in [-0.15, -0.1) is 0 Å². The lowest BCUT2D eigenvalue weighted by Crippen LogP contribution is -2.42. The summed E-state index contributed by atoms with van der Waals surface area (Å²) in [5.41, 5.74) is 9.01. The number of ether oxygens (including phenoxy) is 3. The third kappa shape index (κ3) is 3.37. The minimum Gasteiger partial charge on any atom is -0.455 e. The molecule has 1 unspecified atom stereocenters. The van der Waals surface area contributed by atoms with Crippen LogP contribution in [0.5, 0.6) is 11.5 Å². The maximum atomic E-state index is 14.5. The molecule has 168 valence electrons. The second-order valence-electron chi connectivity index (χ2n) is 8.60. The van der Waals surface area contributed by atoms with Gasteiger partial charge in [-0.2, -0.15) is 4.39 Å². The van der Waals surface area contributed by atoms with Crippen LogP contribution >= 0.6 is 0 Å². The monoisotopic (exact) mass is 446 g/mol. The molecule has 0 radical (unpaired) electrons. The molecule has 3 aliphatic rings. The number of aromatic nitrogens is 2. The lowest BCUT2D eigenvalue weighted by atomic mass is 9.79. The van der Waals surface area contributed by atoms with Crippen LogP contribution in [-0.4, -0.2) is 42.2 Å². The molecular weight excluding hydrogens is 423 g/mol. The van der Waals surface area contributed by atoms with Crippen LogP contribution in [-0.2, 0) is 15.0 Å². The molecule has 6 rings (SSSR count). The van der Waals surface area contributed by atoms with Crippen LogP contribution < -0.4 is 10.5 Å². The van der Waals surface area contributed by atoms with E-state index < -0.39 is 11.5 Å². The highest BCUT2D eigenvalue weighted by molar-refractivity contribution is 5.84. The number of nitrogens with two attached hydrogens (primary N) is 1. The summed E-state index contributed by atoms with van der Waals surface area (Å²) in [6, 6.07) is 11.0. The SMILES string of the molecule is NC1=NC2(COC1)c1cc(-c3cccnc3F)ccc1Oc1cnc(C3CCOCC3)cc12. The van der Waals surface area contributed by atoms with E-state index in [1.807, 2.05) is 18.2 Å². The second kappa shape index (κ2) is 7.90. The number of benzene rings is 1. The highest BCUT2D eigenvalue weighted by Crippen LogP contribution is 2.51. The first-order valence-corrected chi connectivity index (χ1v) is 11.1. The second-order valence-corrected chi connectivity index (χ2v) is 8.60. The first kappa shape index (κ1) is 20.3. The first-order valence-electron chi connectivity index (χ1n) is 11.1. The molecule has 0 bridgehead atoms. The van der Waals surface area contributed by atoms with Crippen molar-refractivity contribution in [1.29, 1.82) is 0 Å². The van der Waals surface area contributed by atoms with E-state index in [1.54, 1.807) is 18.3 Å². The summed E-state index contributed by atoms with van der Waals surface area (Å²) in [5.74, 6) is 1.43. The number of pyridine rings is 2. The molecule has 0 amide bonds. The molecule has 2 N–H and O–H groups in total. The maximum Gasteiger partial charge on any atom is 0.220 e. The summed E-state index contributed by atoms with van der Waals surface area (Å²) < 4.78 is 32.1. The topological polar surface area (TPSA) is 91.9 Å². The molecule has 1 atom stereocenters. The van der Waals surface area contributed by atoms with Crippen LogP contribution in [0.15, 0.2) is 53.8 Å². The average Bonchev–Trinajstić information content (AvgIpc) is 2.85. The molecule has 0 aliphatic carbocycles. The van der Waals surface area contributed by atoms with Gasteiger partial charge in [-0.3, -0.25) is 9.98 Å². The van der Waals surface area contributed by atoms with Crippen molar-refractivity contribution in [3.63, 3.8) is 0 Å². The zero-order chi connectivity index (χ0) is 22.4. The molecule has 7 nitrogen and oxygen atoms in total. The summed E-state index contributed by atoms with van der Waals surface area (Å²) in [6.07, 6.45) is 5.04. The van der Waals surface area contributed by atoms with E-state index in [0.717, 1.165) is 42.9 Å². The molecule has 0 saturated carbocycles. The first-order chi connectivity index (χ1) is 16.1. The summed E-state index contributed by atoms with van der Waals surface area (Å²) in [6.45, 7) is 2.01. The number of fused-ring (bicyclic) bond motifs is 4. The van der Waals surface area contributed by atoms with Gasteiger partial charge in [0, 0.05) is 47.7 Å². The van der Waals surface area contributed by atoms with Crippen LogP contribution in [0.2, 0.25) is 0 Å². The summed E-state index contributed by atoms with van der Waals surface area (Å²) in [4.78, 5) is 13.4. The fourth-order valence-corrected chi connectivity index (χ4v) is 4.94. The zero-order valence-corrected chi connectivity index (χ0v) is 18.0. The number of hydrogen-bond acceptors (Lipinski definition) is 7. The van der Waals surface area contributed by atoms with Crippen LogP contribution in [0.1, 0.15) is 35.6 Å². The van der Waals surface area contributed by atoms with Crippen LogP contribution in [0.3, 0.4) is 0 Å². The molecular formula is C25H23FN4O3. The molecule has 2 aromatic heterocycles. The molecule has 1 aromatic carbocycles. The molecule has 1 spiro atoms. The van der Waals surface area contributed by atoms with E-state index in [9.17, 15) is 4.39 Å². The molecule has 5 heterocycles. The van der Waals surface area contributed by atoms with E-state index in [0.29, 0.717) is 41.0 Å². The largest absolute Gasteiger partial charge is 0.455 e. The van der Waals surface area contributed by atoms with Crippen LogP contribution in [0, 0.1) is 5.95 Å². The Kier molecular flexibility index (Phi) is 4.85. The van der Waals surface area contributed by atoms with Gasteiger partial charge < -0.3 is 19.9 Å². The predicted octanol–water partition coefficient (Wildman–Crippen LogP) is 3.91. The van der Waals surface area contributed by atoms with Crippen LogP contribution in [0.25, 0.3) is 11.1 Å². The number of aliphatic imine (C=N–C) groups is 1. The number of nitrogens with zero attached hydrogens (tertiary/aromatic N) is 3. The standard InChI is InChI=1S/C25H23FN4O3/c26-24-17(2-1-7-28-24)16-3-4-21-18(10-16)25(14-32-13-23(27)30-25)19-11-20(29-12-22(19)33-21)15-5-8-31-9-6-15/h1-4,7,10-12,15H,5-6,8-9,13-14H2,(H2,27,30). The molecule has 3 aromatic rings. The van der Waals surface area contributed by atoms with Crippen molar-refractivity contribution < 1.29 is 18.6 Å². The summed E-state index contributed by atoms with van der Waals surface area (Å²) in [7, 11) is 0. The quantitative estimate of drug-likeness (QED) is 0.600. The molecule has 1 saturated heterocycles. The Morgan fingerprint density at radius 3 is 2.67 bits per heavy atom. The van der Waals surface area contributed by atoms with Gasteiger partial charge in [-0.05, 0) is 48.7 Å². The highest BCUT2D eigenvalue weighted by Gasteiger charge is 2.45. The van der Waals surface area contributed by atoms with E-state index in [4.69, 9.17) is 29.9 Å². The van der Waals surface area contributed by atoms with Crippen molar-refractivity contribution in [2.75, 3.05) is 26.4 Å². The van der Waals surface area contributed by atoms with Gasteiger partial charge in [0.05, 0.1) is 12.8 Å². The molecule has 3 aliphatic heterocycles.